The molecule has 0 aromatic carbocycles. The summed E-state index contributed by atoms with van der Waals surface area (Å²) >= 11 is 0. The first-order valence-electron chi connectivity index (χ1n) is 32.5. The molecule has 442 valence electrons. The van der Waals surface area contributed by atoms with Crippen LogP contribution in [0.25, 0.3) is 0 Å². The standard InChI is InChI=1S/C66H127N2O6P/c1-6-8-10-12-14-16-18-20-22-24-26-27-28-29-30-31-32-33-34-35-36-37-38-39-40-41-42-44-46-48-50-52-54-56-58-60-66(70)67-64(63-74-75(71,72)73-62-61-68(3,4)5)65(69)59-57-55-53-51-49-47-45-43-25-23-21-19-17-15-13-11-9-7-2/h8,10,14,16,20,22,26-27,64-65,69H,6-7,9,11-13,15,17-19,21,23-25,28-63H2,1-5H3,(H-,67,70,71,72)/p+1/b10-8-,16-14-,22-20-,27-26-. The number of quaternary nitrogens is 1. The Morgan fingerprint density at radius 1 is 0.467 bits per heavy atom. The van der Waals surface area contributed by atoms with Crippen LogP contribution in [0.1, 0.15) is 316 Å². The smallest absolute Gasteiger partial charge is 0.391 e. The van der Waals surface area contributed by atoms with E-state index in [9.17, 15) is 19.4 Å². The molecule has 0 fully saturated rings. The molecule has 75 heavy (non-hydrogen) atoms. The molecule has 0 saturated carbocycles. The summed E-state index contributed by atoms with van der Waals surface area (Å²) in [4.78, 5) is 23.4. The number of hydrogen-bond acceptors (Lipinski definition) is 5. The van der Waals surface area contributed by atoms with E-state index in [1.807, 2.05) is 21.1 Å². The summed E-state index contributed by atoms with van der Waals surface area (Å²) < 4.78 is 23.8. The van der Waals surface area contributed by atoms with E-state index >= 15 is 0 Å². The lowest BCUT2D eigenvalue weighted by Crippen LogP contribution is -2.46. The van der Waals surface area contributed by atoms with Gasteiger partial charge in [-0.3, -0.25) is 13.8 Å². The molecule has 0 saturated heterocycles. The van der Waals surface area contributed by atoms with Crippen molar-refractivity contribution in [1.82, 2.24) is 5.32 Å². The van der Waals surface area contributed by atoms with Crippen LogP contribution in [0.5, 0.6) is 0 Å². The number of carbonyl (C=O) groups excluding carboxylic acids is 1. The third-order valence-electron chi connectivity index (χ3n) is 14.8. The Bertz CT molecular complexity index is 1360. The maximum atomic E-state index is 13.0. The van der Waals surface area contributed by atoms with E-state index in [4.69, 9.17) is 9.05 Å². The van der Waals surface area contributed by atoms with Gasteiger partial charge in [0.05, 0.1) is 39.9 Å². The molecule has 0 rings (SSSR count). The quantitative estimate of drug-likeness (QED) is 0.0243. The zero-order chi connectivity index (χ0) is 54.9. The lowest BCUT2D eigenvalue weighted by molar-refractivity contribution is -0.870. The molecule has 3 N–H and O–H groups in total. The molecule has 0 radical (unpaired) electrons. The van der Waals surface area contributed by atoms with Crippen molar-refractivity contribution in [3.8, 4) is 0 Å². The Labute approximate surface area is 467 Å². The Morgan fingerprint density at radius 2 is 0.800 bits per heavy atom. The summed E-state index contributed by atoms with van der Waals surface area (Å²) in [5.74, 6) is -0.138. The zero-order valence-electron chi connectivity index (χ0n) is 50.6. The van der Waals surface area contributed by atoms with E-state index in [1.54, 1.807) is 0 Å². The van der Waals surface area contributed by atoms with Crippen molar-refractivity contribution in [2.75, 3.05) is 40.9 Å². The second kappa shape index (κ2) is 57.2. The number of unbranched alkanes of at least 4 members (excludes halogenated alkanes) is 39. The van der Waals surface area contributed by atoms with Crippen molar-refractivity contribution in [2.24, 2.45) is 0 Å². The topological polar surface area (TPSA) is 105 Å². The highest BCUT2D eigenvalue weighted by molar-refractivity contribution is 7.47. The molecule has 0 heterocycles. The zero-order valence-corrected chi connectivity index (χ0v) is 51.4. The van der Waals surface area contributed by atoms with Crippen molar-refractivity contribution in [2.45, 2.75) is 328 Å². The number of allylic oxidation sites excluding steroid dienone is 8. The van der Waals surface area contributed by atoms with Gasteiger partial charge in [0.15, 0.2) is 0 Å². The molecule has 0 bridgehead atoms. The Balaban J connectivity index is 3.97. The van der Waals surface area contributed by atoms with Gasteiger partial charge < -0.3 is 19.8 Å². The van der Waals surface area contributed by atoms with Crippen LogP contribution in [0.15, 0.2) is 48.6 Å². The van der Waals surface area contributed by atoms with E-state index in [-0.39, 0.29) is 19.1 Å². The van der Waals surface area contributed by atoms with Crippen molar-refractivity contribution in [1.29, 1.82) is 0 Å². The maximum Gasteiger partial charge on any atom is 0.472 e. The van der Waals surface area contributed by atoms with Crippen LogP contribution in [0.3, 0.4) is 0 Å². The van der Waals surface area contributed by atoms with Gasteiger partial charge in [-0.25, -0.2) is 4.57 Å². The van der Waals surface area contributed by atoms with Crippen molar-refractivity contribution in [3.63, 3.8) is 0 Å². The van der Waals surface area contributed by atoms with Crippen LogP contribution in [0.2, 0.25) is 0 Å². The SMILES string of the molecule is CC/C=C\C/C=C\C/C=C\C/C=C\CCCCCCCCCCCCCCCCCCCCCCCCC(=O)NC(COP(=O)(O)OCC[N+](C)(C)C)C(O)CCCCCCCCCCCCCCCCCCCC. The van der Waals surface area contributed by atoms with Crippen LogP contribution in [-0.4, -0.2) is 73.4 Å². The van der Waals surface area contributed by atoms with Gasteiger partial charge in [-0.15, -0.1) is 0 Å². The van der Waals surface area contributed by atoms with Gasteiger partial charge in [0.2, 0.25) is 5.91 Å². The summed E-state index contributed by atoms with van der Waals surface area (Å²) in [6.07, 6.45) is 76.3. The van der Waals surface area contributed by atoms with Crippen LogP contribution in [0.4, 0.5) is 0 Å². The van der Waals surface area contributed by atoms with E-state index < -0.39 is 20.0 Å². The van der Waals surface area contributed by atoms with E-state index in [1.165, 1.54) is 225 Å². The van der Waals surface area contributed by atoms with Crippen LogP contribution in [-0.2, 0) is 18.4 Å². The Morgan fingerprint density at radius 3 is 1.17 bits per heavy atom. The van der Waals surface area contributed by atoms with E-state index in [0.29, 0.717) is 23.9 Å². The number of nitrogens with one attached hydrogen (secondary N) is 1. The van der Waals surface area contributed by atoms with Crippen molar-refractivity contribution < 1.29 is 32.9 Å². The normalized spacial score (nSPS) is 14.1. The molecule has 0 aliphatic rings. The molecule has 3 atom stereocenters. The molecule has 1 amide bonds. The third-order valence-corrected chi connectivity index (χ3v) is 15.8. The number of phosphoric ester groups is 1. The number of amides is 1. The van der Waals surface area contributed by atoms with Crippen LogP contribution in [0, 0.1) is 0 Å². The molecule has 0 aromatic rings. The molecule has 0 aromatic heterocycles. The fraction of sp³-hybridized carbons (Fsp3) is 0.864. The Kier molecular flexibility index (Phi) is 56.0. The van der Waals surface area contributed by atoms with Gasteiger partial charge in [0.25, 0.3) is 0 Å². The highest BCUT2D eigenvalue weighted by Crippen LogP contribution is 2.43. The minimum atomic E-state index is -4.32. The second-order valence-electron chi connectivity index (χ2n) is 23.5. The maximum absolute atomic E-state index is 13.0. The van der Waals surface area contributed by atoms with Crippen molar-refractivity contribution in [3.05, 3.63) is 48.6 Å². The number of hydrogen-bond donors (Lipinski definition) is 3. The van der Waals surface area contributed by atoms with Crippen LogP contribution >= 0.6 is 7.82 Å². The number of nitrogens with zero attached hydrogens (tertiary/aromatic N) is 1. The van der Waals surface area contributed by atoms with Gasteiger partial charge in [0.1, 0.15) is 13.2 Å². The average molecular weight is 1080 g/mol. The first-order valence-corrected chi connectivity index (χ1v) is 34.0. The van der Waals surface area contributed by atoms with Crippen molar-refractivity contribution >= 4 is 13.7 Å². The number of likely N-dealkylation sites (N-methyl/N-ethyl adjacent to an activating group) is 1. The fourth-order valence-corrected chi connectivity index (χ4v) is 10.5. The molecule has 0 spiro atoms. The highest BCUT2D eigenvalue weighted by Gasteiger charge is 2.28. The first-order chi connectivity index (χ1) is 36.5. The van der Waals surface area contributed by atoms with Gasteiger partial charge >= 0.3 is 7.82 Å². The molecule has 8 nitrogen and oxygen atoms in total. The fourth-order valence-electron chi connectivity index (χ4n) is 9.81. The third kappa shape index (κ3) is 60.0. The molecular weight excluding hydrogens is 948 g/mol. The summed E-state index contributed by atoms with van der Waals surface area (Å²) in [6, 6.07) is -0.760. The molecule has 9 heteroatoms. The van der Waals surface area contributed by atoms with E-state index in [2.05, 4.69) is 67.8 Å². The predicted molar refractivity (Wildman–Crippen MR) is 327 cm³/mol. The second-order valence-corrected chi connectivity index (χ2v) is 24.9. The molecule has 3 unspecified atom stereocenters. The van der Waals surface area contributed by atoms with Gasteiger partial charge in [-0.1, -0.05) is 306 Å². The summed E-state index contributed by atoms with van der Waals surface area (Å²) in [7, 11) is 1.63. The number of aliphatic hydroxyl groups is 1. The van der Waals surface area contributed by atoms with Gasteiger partial charge in [0, 0.05) is 6.42 Å². The number of rotatable bonds is 60. The summed E-state index contributed by atoms with van der Waals surface area (Å²) in [6.45, 7) is 4.82. The largest absolute Gasteiger partial charge is 0.472 e. The highest BCUT2D eigenvalue weighted by atomic mass is 31.2. The number of phosphoric acid groups is 1. The summed E-state index contributed by atoms with van der Waals surface area (Å²) in [5.41, 5.74) is 0. The minimum absolute atomic E-state index is 0.0764. The molecule has 0 aliphatic carbocycles. The minimum Gasteiger partial charge on any atom is -0.391 e. The van der Waals surface area contributed by atoms with Gasteiger partial charge in [-0.05, 0) is 51.4 Å². The van der Waals surface area contributed by atoms with Crippen LogP contribution < -0.4 is 5.32 Å². The van der Waals surface area contributed by atoms with Gasteiger partial charge in [-0.2, -0.15) is 0 Å². The average Bonchev–Trinajstić information content (AvgIpc) is 3.37. The number of aliphatic hydroxyl groups excluding tert-OH is 1. The molecule has 0 aliphatic heterocycles. The lowest BCUT2D eigenvalue weighted by Gasteiger charge is -2.26. The monoisotopic (exact) mass is 1080 g/mol. The van der Waals surface area contributed by atoms with E-state index in [0.717, 1.165) is 64.2 Å². The predicted octanol–water partition coefficient (Wildman–Crippen LogP) is 20.3. The summed E-state index contributed by atoms with van der Waals surface area (Å²) in [5, 5.41) is 14.1. The number of carbonyl (C=O) groups is 1. The first kappa shape index (κ1) is 73.5. The Hall–Kier alpha value is -1.54. The lowest BCUT2D eigenvalue weighted by atomic mass is 10.0. The molecular formula is C66H128N2O6P+.